The second-order valence-corrected chi connectivity index (χ2v) is 8.69. The summed E-state index contributed by atoms with van der Waals surface area (Å²) in [5.74, 6) is 0. The molecular weight excluding hydrogens is 314 g/mol. The van der Waals surface area contributed by atoms with Crippen molar-refractivity contribution in [1.29, 1.82) is 0 Å². The molecule has 1 saturated carbocycles. The third-order valence-electron chi connectivity index (χ3n) is 4.89. The quantitative estimate of drug-likeness (QED) is 0.865. The van der Waals surface area contributed by atoms with E-state index in [4.69, 9.17) is 0 Å². The lowest BCUT2D eigenvalue weighted by Crippen LogP contribution is -2.42. The summed E-state index contributed by atoms with van der Waals surface area (Å²) in [6, 6.07) is 2.75. The molecule has 7 nitrogen and oxygen atoms in total. The topological polar surface area (TPSA) is 70.5 Å². The molecule has 2 aliphatic rings. The highest BCUT2D eigenvalue weighted by Crippen LogP contribution is 2.26. The Kier molecular flexibility index (Phi) is 5.05. The van der Waals surface area contributed by atoms with Crippen LogP contribution in [0.2, 0.25) is 0 Å². The van der Waals surface area contributed by atoms with Gasteiger partial charge in [-0.1, -0.05) is 19.3 Å². The molecule has 1 aliphatic carbocycles. The molecule has 0 spiro atoms. The summed E-state index contributed by atoms with van der Waals surface area (Å²) in [6.45, 7) is 3.11. The van der Waals surface area contributed by atoms with Gasteiger partial charge in [0, 0.05) is 33.2 Å². The lowest BCUT2D eigenvalue weighted by Gasteiger charge is -2.36. The van der Waals surface area contributed by atoms with Crippen LogP contribution in [0.4, 0.5) is 0 Å². The molecule has 1 aromatic heterocycles. The van der Waals surface area contributed by atoms with E-state index in [1.807, 2.05) is 10.7 Å². The molecule has 0 atom stereocenters. The number of fused-ring (bicyclic) bond motifs is 1. The minimum absolute atomic E-state index is 0.240. The molecule has 1 aromatic rings. The Labute approximate surface area is 138 Å². The van der Waals surface area contributed by atoms with Gasteiger partial charge in [-0.05, 0) is 18.9 Å². The predicted molar refractivity (Wildman–Crippen MR) is 89.0 cm³/mol. The predicted octanol–water partition coefficient (Wildman–Crippen LogP) is 0.927. The normalized spacial score (nSPS) is 20.8. The average molecular weight is 341 g/mol. The zero-order valence-corrected chi connectivity index (χ0v) is 14.8. The molecule has 1 N–H and O–H groups in total. The standard InChI is InChI=1S/C15H27N5O2S/c1-18(2)23(21,22)16-11-13-10-15-12-19(8-9-20(15)17-13)14-6-4-3-5-7-14/h10,14,16H,3-9,11-12H2,1-2H3. The van der Waals surface area contributed by atoms with Crippen molar-refractivity contribution in [3.05, 3.63) is 17.5 Å². The van der Waals surface area contributed by atoms with Crippen molar-refractivity contribution in [1.82, 2.24) is 23.7 Å². The molecule has 1 fully saturated rings. The Bertz CT molecular complexity index is 634. The van der Waals surface area contributed by atoms with Crippen LogP contribution in [0, 0.1) is 0 Å². The summed E-state index contributed by atoms with van der Waals surface area (Å²) in [7, 11) is -0.369. The third kappa shape index (κ3) is 3.93. The first-order valence-electron chi connectivity index (χ1n) is 8.42. The van der Waals surface area contributed by atoms with Crippen LogP contribution in [0.15, 0.2) is 6.07 Å². The van der Waals surface area contributed by atoms with E-state index in [0.717, 1.165) is 25.3 Å². The fraction of sp³-hybridized carbons (Fsp3) is 0.800. The molecule has 1 aliphatic heterocycles. The van der Waals surface area contributed by atoms with Crippen molar-refractivity contribution in [3.63, 3.8) is 0 Å². The van der Waals surface area contributed by atoms with E-state index in [1.54, 1.807) is 0 Å². The van der Waals surface area contributed by atoms with Crippen LogP contribution in [-0.4, -0.2) is 54.1 Å². The van der Waals surface area contributed by atoms with Crippen molar-refractivity contribution in [2.45, 2.75) is 57.8 Å². The van der Waals surface area contributed by atoms with Crippen LogP contribution in [0.3, 0.4) is 0 Å². The summed E-state index contributed by atoms with van der Waals surface area (Å²) in [4.78, 5) is 2.57. The summed E-state index contributed by atoms with van der Waals surface area (Å²) in [5.41, 5.74) is 1.98. The van der Waals surface area contributed by atoms with Crippen LogP contribution < -0.4 is 4.72 Å². The Morgan fingerprint density at radius 2 is 2.00 bits per heavy atom. The number of hydrogen-bond donors (Lipinski definition) is 1. The van der Waals surface area contributed by atoms with Gasteiger partial charge in [0.05, 0.1) is 24.5 Å². The number of nitrogens with one attached hydrogen (secondary N) is 1. The molecule has 3 rings (SSSR count). The largest absolute Gasteiger partial charge is 0.293 e. The highest BCUT2D eigenvalue weighted by molar-refractivity contribution is 7.87. The van der Waals surface area contributed by atoms with E-state index >= 15 is 0 Å². The van der Waals surface area contributed by atoms with Gasteiger partial charge in [-0.25, -0.2) is 0 Å². The van der Waals surface area contributed by atoms with Crippen LogP contribution in [0.5, 0.6) is 0 Å². The van der Waals surface area contributed by atoms with E-state index in [9.17, 15) is 8.42 Å². The lowest BCUT2D eigenvalue weighted by atomic mass is 9.94. The third-order valence-corrected chi connectivity index (χ3v) is 6.36. The van der Waals surface area contributed by atoms with Crippen LogP contribution in [0.1, 0.15) is 43.5 Å². The number of hydrogen-bond acceptors (Lipinski definition) is 4. The van der Waals surface area contributed by atoms with Gasteiger partial charge >= 0.3 is 0 Å². The molecule has 0 radical (unpaired) electrons. The van der Waals surface area contributed by atoms with Gasteiger partial charge < -0.3 is 0 Å². The van der Waals surface area contributed by atoms with Crippen molar-refractivity contribution >= 4 is 10.2 Å². The van der Waals surface area contributed by atoms with Gasteiger partial charge in [-0.2, -0.15) is 22.5 Å². The maximum absolute atomic E-state index is 11.8. The highest BCUT2D eigenvalue weighted by atomic mass is 32.2. The number of aromatic nitrogens is 2. The number of nitrogens with zero attached hydrogens (tertiary/aromatic N) is 4. The van der Waals surface area contributed by atoms with E-state index in [-0.39, 0.29) is 6.54 Å². The van der Waals surface area contributed by atoms with Crippen LogP contribution in [0.25, 0.3) is 0 Å². The molecule has 0 bridgehead atoms. The highest BCUT2D eigenvalue weighted by Gasteiger charge is 2.26. The molecule has 0 unspecified atom stereocenters. The van der Waals surface area contributed by atoms with E-state index in [2.05, 4.69) is 14.7 Å². The molecule has 130 valence electrons. The minimum atomic E-state index is -3.40. The summed E-state index contributed by atoms with van der Waals surface area (Å²) in [5, 5.41) is 4.54. The van der Waals surface area contributed by atoms with E-state index in [0.29, 0.717) is 6.04 Å². The maximum Gasteiger partial charge on any atom is 0.279 e. The molecule has 23 heavy (non-hydrogen) atoms. The van der Waals surface area contributed by atoms with E-state index < -0.39 is 10.2 Å². The molecule has 0 amide bonds. The Morgan fingerprint density at radius 1 is 1.26 bits per heavy atom. The first-order chi connectivity index (χ1) is 11.0. The molecule has 0 saturated heterocycles. The second kappa shape index (κ2) is 6.88. The summed E-state index contributed by atoms with van der Waals surface area (Å²) >= 11 is 0. The van der Waals surface area contributed by atoms with Crippen molar-refractivity contribution < 1.29 is 8.42 Å². The van der Waals surface area contributed by atoms with Crippen LogP contribution in [-0.2, 0) is 29.8 Å². The van der Waals surface area contributed by atoms with Gasteiger partial charge in [-0.15, -0.1) is 0 Å². The lowest BCUT2D eigenvalue weighted by molar-refractivity contribution is 0.119. The van der Waals surface area contributed by atoms with Gasteiger partial charge in [-0.3, -0.25) is 9.58 Å². The number of rotatable bonds is 5. The smallest absolute Gasteiger partial charge is 0.279 e. The molecule has 8 heteroatoms. The van der Waals surface area contributed by atoms with Crippen molar-refractivity contribution in [3.8, 4) is 0 Å². The average Bonchev–Trinajstić information content (AvgIpc) is 2.96. The van der Waals surface area contributed by atoms with Crippen LogP contribution >= 0.6 is 0 Å². The Morgan fingerprint density at radius 3 is 2.70 bits per heavy atom. The minimum Gasteiger partial charge on any atom is -0.293 e. The van der Waals surface area contributed by atoms with Gasteiger partial charge in [0.25, 0.3) is 10.2 Å². The monoisotopic (exact) mass is 341 g/mol. The van der Waals surface area contributed by atoms with Gasteiger partial charge in [0.2, 0.25) is 0 Å². The fourth-order valence-electron chi connectivity index (χ4n) is 3.48. The molecule has 2 heterocycles. The Balaban J connectivity index is 1.62. The Hall–Kier alpha value is -0.960. The maximum atomic E-state index is 11.8. The summed E-state index contributed by atoms with van der Waals surface area (Å²) < 4.78 is 29.3. The van der Waals surface area contributed by atoms with E-state index in [1.165, 1.54) is 56.2 Å². The first-order valence-corrected chi connectivity index (χ1v) is 9.86. The summed E-state index contributed by atoms with van der Waals surface area (Å²) in [6.07, 6.45) is 6.68. The van der Waals surface area contributed by atoms with Crippen molar-refractivity contribution in [2.24, 2.45) is 0 Å². The SMILES string of the molecule is CN(C)S(=O)(=O)NCc1cc2n(n1)CCN(C1CCCCC1)C2. The molecule has 0 aromatic carbocycles. The van der Waals surface area contributed by atoms with Gasteiger partial charge in [0.15, 0.2) is 0 Å². The first kappa shape index (κ1) is 16.9. The zero-order chi connectivity index (χ0) is 16.4. The second-order valence-electron chi connectivity index (χ2n) is 6.72. The fourth-order valence-corrected chi connectivity index (χ4v) is 4.07. The zero-order valence-electron chi connectivity index (χ0n) is 14.0. The van der Waals surface area contributed by atoms with Crippen molar-refractivity contribution in [2.75, 3.05) is 20.6 Å². The molecular formula is C15H27N5O2S. The van der Waals surface area contributed by atoms with Gasteiger partial charge in [0.1, 0.15) is 0 Å².